The minimum atomic E-state index is -0.0205. The number of thioether (sulfide) groups is 1. The smallest absolute Gasteiger partial charge is 0.208 e. The summed E-state index contributed by atoms with van der Waals surface area (Å²) < 4.78 is 5.57. The third-order valence-electron chi connectivity index (χ3n) is 3.14. The van der Waals surface area contributed by atoms with Crippen LogP contribution in [0.1, 0.15) is 16.1 Å². The Bertz CT molecular complexity index is 790. The first-order valence-electron chi connectivity index (χ1n) is 6.53. The van der Waals surface area contributed by atoms with Crippen LogP contribution in [-0.2, 0) is 0 Å². The Morgan fingerprint density at radius 1 is 1.14 bits per heavy atom. The lowest BCUT2D eigenvalue weighted by molar-refractivity contribution is 0.0994. The highest BCUT2D eigenvalue weighted by molar-refractivity contribution is 8.00. The highest BCUT2D eigenvalue weighted by Crippen LogP contribution is 2.25. The van der Waals surface area contributed by atoms with Crippen molar-refractivity contribution in [2.75, 3.05) is 5.75 Å². The Morgan fingerprint density at radius 2 is 1.90 bits per heavy atom. The SMILES string of the molecule is Cc1ccc(SCC(=O)c2cc3cc(Cl)ccc3o2)cc1. The van der Waals surface area contributed by atoms with E-state index in [-0.39, 0.29) is 5.78 Å². The Kier molecular flexibility index (Phi) is 4.04. The lowest BCUT2D eigenvalue weighted by atomic mass is 10.2. The molecule has 4 heteroatoms. The van der Waals surface area contributed by atoms with Gasteiger partial charge in [0.1, 0.15) is 5.58 Å². The molecule has 0 saturated heterocycles. The molecule has 0 aliphatic carbocycles. The zero-order valence-electron chi connectivity index (χ0n) is 11.4. The number of carbonyl (C=O) groups excluding carboxylic acids is 1. The monoisotopic (exact) mass is 316 g/mol. The fourth-order valence-corrected chi connectivity index (χ4v) is 2.96. The average Bonchev–Trinajstić information content (AvgIpc) is 2.89. The summed E-state index contributed by atoms with van der Waals surface area (Å²) in [5.74, 6) is 0.719. The van der Waals surface area contributed by atoms with Crippen molar-refractivity contribution in [1.82, 2.24) is 0 Å². The normalized spacial score (nSPS) is 11.0. The van der Waals surface area contributed by atoms with Gasteiger partial charge in [-0.1, -0.05) is 29.3 Å². The van der Waals surface area contributed by atoms with Crippen LogP contribution in [0.3, 0.4) is 0 Å². The zero-order chi connectivity index (χ0) is 14.8. The van der Waals surface area contributed by atoms with E-state index in [4.69, 9.17) is 16.0 Å². The molecule has 2 nitrogen and oxygen atoms in total. The first kappa shape index (κ1) is 14.2. The van der Waals surface area contributed by atoms with E-state index in [0.29, 0.717) is 22.1 Å². The van der Waals surface area contributed by atoms with Crippen LogP contribution in [0.5, 0.6) is 0 Å². The van der Waals surface area contributed by atoms with Crippen LogP contribution in [-0.4, -0.2) is 11.5 Å². The number of hydrogen-bond donors (Lipinski definition) is 0. The number of halogens is 1. The van der Waals surface area contributed by atoms with E-state index >= 15 is 0 Å². The summed E-state index contributed by atoms with van der Waals surface area (Å²) in [5, 5.41) is 1.49. The van der Waals surface area contributed by atoms with Gasteiger partial charge in [-0.05, 0) is 43.3 Å². The summed E-state index contributed by atoms with van der Waals surface area (Å²) in [5.41, 5.74) is 1.89. The van der Waals surface area contributed by atoms with E-state index in [9.17, 15) is 4.79 Å². The quantitative estimate of drug-likeness (QED) is 0.479. The first-order chi connectivity index (χ1) is 10.1. The Labute approximate surface area is 132 Å². The molecule has 0 radical (unpaired) electrons. The largest absolute Gasteiger partial charge is 0.453 e. The highest BCUT2D eigenvalue weighted by Gasteiger charge is 2.13. The maximum Gasteiger partial charge on any atom is 0.208 e. The topological polar surface area (TPSA) is 30.2 Å². The molecule has 106 valence electrons. The molecular weight excluding hydrogens is 304 g/mol. The van der Waals surface area contributed by atoms with Crippen molar-refractivity contribution in [2.45, 2.75) is 11.8 Å². The molecule has 3 rings (SSSR count). The van der Waals surface area contributed by atoms with Crippen molar-refractivity contribution in [3.63, 3.8) is 0 Å². The molecule has 0 spiro atoms. The Hall–Kier alpha value is -1.71. The van der Waals surface area contributed by atoms with Gasteiger partial charge in [-0.2, -0.15) is 0 Å². The fourth-order valence-electron chi connectivity index (χ4n) is 2.01. The molecular formula is C17H13ClO2S. The second-order valence-electron chi connectivity index (χ2n) is 4.82. The fraction of sp³-hybridized carbons (Fsp3) is 0.118. The van der Waals surface area contributed by atoms with Crippen molar-refractivity contribution >= 4 is 40.1 Å². The molecule has 0 unspecified atom stereocenters. The average molecular weight is 317 g/mol. The van der Waals surface area contributed by atoms with Crippen LogP contribution in [0, 0.1) is 6.92 Å². The molecule has 0 fully saturated rings. The molecule has 0 atom stereocenters. The van der Waals surface area contributed by atoms with Crippen LogP contribution in [0.25, 0.3) is 11.0 Å². The molecule has 3 aromatic rings. The molecule has 21 heavy (non-hydrogen) atoms. The van der Waals surface area contributed by atoms with Crippen molar-refractivity contribution in [2.24, 2.45) is 0 Å². The van der Waals surface area contributed by atoms with E-state index in [2.05, 4.69) is 0 Å². The molecule has 0 amide bonds. The first-order valence-corrected chi connectivity index (χ1v) is 7.90. The standard InChI is InChI=1S/C17H13ClO2S/c1-11-2-5-14(6-3-11)21-10-15(19)17-9-12-8-13(18)4-7-16(12)20-17/h2-9H,10H2,1H3. The minimum Gasteiger partial charge on any atom is -0.453 e. The van der Waals surface area contributed by atoms with E-state index < -0.39 is 0 Å². The van der Waals surface area contributed by atoms with E-state index in [1.807, 2.05) is 31.2 Å². The third-order valence-corrected chi connectivity index (χ3v) is 4.39. The molecule has 0 saturated carbocycles. The maximum absolute atomic E-state index is 12.2. The summed E-state index contributed by atoms with van der Waals surface area (Å²) in [7, 11) is 0. The minimum absolute atomic E-state index is 0.0205. The van der Waals surface area contributed by atoms with Crippen molar-refractivity contribution in [3.8, 4) is 0 Å². The van der Waals surface area contributed by atoms with Crippen LogP contribution in [0.2, 0.25) is 5.02 Å². The second-order valence-corrected chi connectivity index (χ2v) is 6.30. The molecule has 1 aromatic heterocycles. The number of fused-ring (bicyclic) bond motifs is 1. The number of furan rings is 1. The molecule has 0 aliphatic rings. The summed E-state index contributed by atoms with van der Waals surface area (Å²) >= 11 is 7.44. The van der Waals surface area contributed by atoms with Gasteiger partial charge in [-0.25, -0.2) is 0 Å². The van der Waals surface area contributed by atoms with Gasteiger partial charge in [-0.15, -0.1) is 11.8 Å². The van der Waals surface area contributed by atoms with Crippen molar-refractivity contribution < 1.29 is 9.21 Å². The van der Waals surface area contributed by atoms with Crippen LogP contribution in [0.15, 0.2) is 57.8 Å². The van der Waals surface area contributed by atoms with Crippen molar-refractivity contribution in [3.05, 3.63) is 64.9 Å². The lowest BCUT2D eigenvalue weighted by Crippen LogP contribution is -2.00. The zero-order valence-corrected chi connectivity index (χ0v) is 13.0. The van der Waals surface area contributed by atoms with Gasteiger partial charge in [0.05, 0.1) is 5.75 Å². The second kappa shape index (κ2) is 5.96. The van der Waals surface area contributed by atoms with Gasteiger partial charge in [-0.3, -0.25) is 4.79 Å². The van der Waals surface area contributed by atoms with E-state index in [1.165, 1.54) is 17.3 Å². The third kappa shape index (κ3) is 3.31. The number of benzene rings is 2. The predicted molar refractivity (Wildman–Crippen MR) is 87.5 cm³/mol. The van der Waals surface area contributed by atoms with Crippen molar-refractivity contribution in [1.29, 1.82) is 0 Å². The summed E-state index contributed by atoms with van der Waals surface area (Å²) in [6.07, 6.45) is 0. The number of ketones is 1. The van der Waals surface area contributed by atoms with Gasteiger partial charge >= 0.3 is 0 Å². The molecule has 0 bridgehead atoms. The van der Waals surface area contributed by atoms with Gasteiger partial charge < -0.3 is 4.42 Å². The lowest BCUT2D eigenvalue weighted by Gasteiger charge is -2.00. The van der Waals surface area contributed by atoms with Crippen LogP contribution < -0.4 is 0 Å². The van der Waals surface area contributed by atoms with E-state index in [1.54, 1.807) is 24.3 Å². The Morgan fingerprint density at radius 3 is 2.67 bits per heavy atom. The van der Waals surface area contributed by atoms with Gasteiger partial charge in [0.25, 0.3) is 0 Å². The number of hydrogen-bond acceptors (Lipinski definition) is 3. The molecule has 1 heterocycles. The predicted octanol–water partition coefficient (Wildman–Crippen LogP) is 5.37. The van der Waals surface area contributed by atoms with Crippen LogP contribution in [0.4, 0.5) is 0 Å². The number of aryl methyl sites for hydroxylation is 1. The molecule has 0 N–H and O–H groups in total. The van der Waals surface area contributed by atoms with Gasteiger partial charge in [0.2, 0.25) is 5.78 Å². The van der Waals surface area contributed by atoms with E-state index in [0.717, 1.165) is 10.3 Å². The summed E-state index contributed by atoms with van der Waals surface area (Å²) in [6.45, 7) is 2.04. The number of Topliss-reactive ketones (excluding diaryl/α,β-unsaturated/α-hetero) is 1. The number of carbonyl (C=O) groups is 1. The number of rotatable bonds is 4. The molecule has 2 aromatic carbocycles. The maximum atomic E-state index is 12.2. The van der Waals surface area contributed by atoms with Gasteiger partial charge in [0, 0.05) is 15.3 Å². The summed E-state index contributed by atoms with van der Waals surface area (Å²) in [4.78, 5) is 13.3. The molecule has 0 aliphatic heterocycles. The highest BCUT2D eigenvalue weighted by atomic mass is 35.5. The van der Waals surface area contributed by atoms with Crippen LogP contribution >= 0.6 is 23.4 Å². The Balaban J connectivity index is 1.73. The summed E-state index contributed by atoms with van der Waals surface area (Å²) in [6, 6.07) is 15.2. The van der Waals surface area contributed by atoms with Gasteiger partial charge in [0.15, 0.2) is 5.76 Å².